The number of piperidine rings is 1. The third-order valence-electron chi connectivity index (χ3n) is 5.04. The fourth-order valence-corrected chi connectivity index (χ4v) is 3.98. The lowest BCUT2D eigenvalue weighted by Crippen LogP contribution is -2.49. The van der Waals surface area contributed by atoms with Crippen LogP contribution in [0.15, 0.2) is 24.3 Å². The zero-order valence-electron chi connectivity index (χ0n) is 11.9. The fourth-order valence-electron chi connectivity index (χ4n) is 3.98. The highest BCUT2D eigenvalue weighted by Crippen LogP contribution is 2.46. The van der Waals surface area contributed by atoms with Crippen LogP contribution in [0, 0.1) is 11.7 Å². The molecule has 0 aromatic heterocycles. The first-order valence-corrected chi connectivity index (χ1v) is 7.17. The molecule has 0 unspecified atom stereocenters. The number of methoxy groups -OCH3 is 1. The average Bonchev–Trinajstić information content (AvgIpc) is 2.70. The minimum atomic E-state index is -0.237. The normalized spacial score (nSPS) is 33.1. The predicted octanol–water partition coefficient (Wildman–Crippen LogP) is 2.57. The van der Waals surface area contributed by atoms with Gasteiger partial charge in [0, 0.05) is 18.0 Å². The number of nitrogens with zero attached hydrogens (tertiary/aromatic N) is 1. The Hall–Kier alpha value is -1.42. The molecular weight excluding hydrogens is 256 g/mol. The summed E-state index contributed by atoms with van der Waals surface area (Å²) in [4.78, 5) is 14.5. The summed E-state index contributed by atoms with van der Waals surface area (Å²) >= 11 is 0. The molecule has 1 aromatic carbocycles. The van der Waals surface area contributed by atoms with Crippen LogP contribution in [0.25, 0.3) is 0 Å². The van der Waals surface area contributed by atoms with Crippen LogP contribution >= 0.6 is 0 Å². The Labute approximate surface area is 118 Å². The number of hydrogen-bond donors (Lipinski definition) is 0. The zero-order valence-corrected chi connectivity index (χ0v) is 11.9. The van der Waals surface area contributed by atoms with E-state index in [1.54, 1.807) is 12.1 Å². The number of halogens is 1. The molecule has 0 radical (unpaired) electrons. The van der Waals surface area contributed by atoms with E-state index in [4.69, 9.17) is 4.74 Å². The van der Waals surface area contributed by atoms with Crippen LogP contribution in [0.4, 0.5) is 4.39 Å². The Balaban J connectivity index is 1.95. The minimum Gasteiger partial charge on any atom is -0.469 e. The van der Waals surface area contributed by atoms with Crippen molar-refractivity contribution in [2.24, 2.45) is 5.92 Å². The maximum atomic E-state index is 13.1. The zero-order chi connectivity index (χ0) is 14.3. The molecule has 0 saturated carbocycles. The lowest BCUT2D eigenvalue weighted by atomic mass is 9.75. The monoisotopic (exact) mass is 276 g/mol. The van der Waals surface area contributed by atoms with Gasteiger partial charge in [-0.25, -0.2) is 4.39 Å². The van der Waals surface area contributed by atoms with Crippen molar-refractivity contribution in [2.75, 3.05) is 14.2 Å². The van der Waals surface area contributed by atoms with Gasteiger partial charge in [-0.1, -0.05) is 12.1 Å². The molecule has 0 amide bonds. The SMILES string of the molecule is COC(=O)[C@H]1[C@@H](c2ccc(F)cc2)C[C@@H]2CC[C@H]1N2[11CH3]. The van der Waals surface area contributed by atoms with Crippen molar-refractivity contribution in [3.8, 4) is 0 Å². The smallest absolute Gasteiger partial charge is 0.310 e. The van der Waals surface area contributed by atoms with Crippen LogP contribution in [0.1, 0.15) is 30.7 Å². The first-order valence-electron chi connectivity index (χ1n) is 7.17. The summed E-state index contributed by atoms with van der Waals surface area (Å²) in [5, 5.41) is 0. The molecule has 3 rings (SSSR count). The van der Waals surface area contributed by atoms with Crippen LogP contribution in [-0.2, 0) is 9.53 Å². The summed E-state index contributed by atoms with van der Waals surface area (Å²) in [7, 11) is 3.55. The van der Waals surface area contributed by atoms with Crippen LogP contribution in [0.5, 0.6) is 0 Å². The molecule has 2 saturated heterocycles. The Kier molecular flexibility index (Phi) is 3.50. The van der Waals surface area contributed by atoms with E-state index >= 15 is 0 Å². The summed E-state index contributed by atoms with van der Waals surface area (Å²) in [6.45, 7) is 0. The van der Waals surface area contributed by atoms with Gasteiger partial charge in [-0.15, -0.1) is 0 Å². The molecule has 0 spiro atoms. The van der Waals surface area contributed by atoms with Gasteiger partial charge in [0.15, 0.2) is 0 Å². The van der Waals surface area contributed by atoms with E-state index < -0.39 is 0 Å². The van der Waals surface area contributed by atoms with Crippen molar-refractivity contribution >= 4 is 5.97 Å². The summed E-state index contributed by atoms with van der Waals surface area (Å²) < 4.78 is 18.1. The van der Waals surface area contributed by atoms with Crippen molar-refractivity contribution < 1.29 is 13.9 Å². The van der Waals surface area contributed by atoms with Gasteiger partial charge in [0.05, 0.1) is 13.0 Å². The molecule has 1 aromatic rings. The van der Waals surface area contributed by atoms with Gasteiger partial charge in [-0.05, 0) is 44.0 Å². The van der Waals surface area contributed by atoms with Crippen molar-refractivity contribution in [3.63, 3.8) is 0 Å². The standard InChI is InChI=1S/C16H20FNO2/c1-18-12-7-8-14(18)15(16(19)20-2)13(9-12)10-3-5-11(17)6-4-10/h3-6,12-15H,7-9H2,1-2H3/t12-,13+,14+,15-/m0/s1/i1-1. The largest absolute Gasteiger partial charge is 0.469 e. The molecule has 0 aliphatic carbocycles. The molecule has 3 nitrogen and oxygen atoms in total. The molecule has 2 aliphatic heterocycles. The summed E-state index contributed by atoms with van der Waals surface area (Å²) in [6.07, 6.45) is 3.11. The Morgan fingerprint density at radius 1 is 1.30 bits per heavy atom. The molecule has 2 bridgehead atoms. The van der Waals surface area contributed by atoms with Gasteiger partial charge in [0.25, 0.3) is 0 Å². The maximum Gasteiger partial charge on any atom is 0.310 e. The molecular formula is C16H20FNO2. The number of carbonyl (C=O) groups is 1. The topological polar surface area (TPSA) is 29.5 Å². The van der Waals surface area contributed by atoms with Gasteiger partial charge in [0.1, 0.15) is 5.82 Å². The van der Waals surface area contributed by atoms with Crippen molar-refractivity contribution in [3.05, 3.63) is 35.6 Å². The van der Waals surface area contributed by atoms with E-state index in [-0.39, 0.29) is 29.7 Å². The Bertz CT molecular complexity index is 502. The third-order valence-corrected chi connectivity index (χ3v) is 5.04. The van der Waals surface area contributed by atoms with Crippen LogP contribution < -0.4 is 0 Å². The highest BCUT2D eigenvalue weighted by atomic mass is 19.1. The van der Waals surface area contributed by atoms with Crippen molar-refractivity contribution in [1.29, 1.82) is 0 Å². The van der Waals surface area contributed by atoms with E-state index in [0.717, 1.165) is 24.8 Å². The average molecular weight is 276 g/mol. The predicted molar refractivity (Wildman–Crippen MR) is 73.8 cm³/mol. The van der Waals surface area contributed by atoms with E-state index in [1.807, 2.05) is 0 Å². The molecule has 0 N–H and O–H groups in total. The molecule has 108 valence electrons. The second-order valence-electron chi connectivity index (χ2n) is 5.91. The first kappa shape index (κ1) is 13.6. The number of fused-ring (bicyclic) bond motifs is 2. The Morgan fingerprint density at radius 2 is 2.00 bits per heavy atom. The second-order valence-corrected chi connectivity index (χ2v) is 5.91. The summed E-state index contributed by atoms with van der Waals surface area (Å²) in [6, 6.07) is 7.34. The Morgan fingerprint density at radius 3 is 2.65 bits per heavy atom. The number of benzene rings is 1. The highest BCUT2D eigenvalue weighted by molar-refractivity contribution is 5.75. The molecule has 2 heterocycles. The minimum absolute atomic E-state index is 0.136. The molecule has 2 fully saturated rings. The maximum absolute atomic E-state index is 13.1. The van der Waals surface area contributed by atoms with E-state index in [2.05, 4.69) is 11.9 Å². The highest BCUT2D eigenvalue weighted by Gasteiger charge is 2.49. The second kappa shape index (κ2) is 5.17. The number of hydrogen-bond acceptors (Lipinski definition) is 3. The third kappa shape index (κ3) is 2.12. The van der Waals surface area contributed by atoms with E-state index in [1.165, 1.54) is 19.2 Å². The van der Waals surface area contributed by atoms with Gasteiger partial charge < -0.3 is 4.74 Å². The van der Waals surface area contributed by atoms with Gasteiger partial charge in [-0.3, -0.25) is 9.69 Å². The number of carbonyl (C=O) groups excluding carboxylic acids is 1. The van der Waals surface area contributed by atoms with Crippen LogP contribution in [0.2, 0.25) is 0 Å². The lowest BCUT2D eigenvalue weighted by molar-refractivity contribution is -0.150. The summed E-state index contributed by atoms with van der Waals surface area (Å²) in [5.41, 5.74) is 1.05. The molecule has 20 heavy (non-hydrogen) atoms. The number of ether oxygens (including phenoxy) is 1. The first-order chi connectivity index (χ1) is 9.61. The van der Waals surface area contributed by atoms with Gasteiger partial charge in [-0.2, -0.15) is 0 Å². The van der Waals surface area contributed by atoms with Crippen molar-refractivity contribution in [1.82, 2.24) is 4.90 Å². The van der Waals surface area contributed by atoms with Gasteiger partial charge >= 0.3 is 5.97 Å². The van der Waals surface area contributed by atoms with Crippen LogP contribution in [-0.4, -0.2) is 37.1 Å². The molecule has 2 aliphatic rings. The number of esters is 1. The van der Waals surface area contributed by atoms with E-state index in [9.17, 15) is 9.18 Å². The fraction of sp³-hybridized carbons (Fsp3) is 0.562. The van der Waals surface area contributed by atoms with Crippen molar-refractivity contribution in [2.45, 2.75) is 37.3 Å². The number of rotatable bonds is 2. The van der Waals surface area contributed by atoms with E-state index in [0.29, 0.717) is 6.04 Å². The molecule has 4 atom stereocenters. The summed E-state index contributed by atoms with van der Waals surface area (Å²) in [5.74, 6) is -0.387. The van der Waals surface area contributed by atoms with Gasteiger partial charge in [0.2, 0.25) is 0 Å². The molecule has 4 heteroatoms. The quantitative estimate of drug-likeness (QED) is 0.778. The lowest BCUT2D eigenvalue weighted by Gasteiger charge is -2.41. The van der Waals surface area contributed by atoms with Crippen LogP contribution in [0.3, 0.4) is 0 Å².